The number of piperidine rings is 1. The molecule has 162 valence electrons. The van der Waals surface area contributed by atoms with E-state index < -0.39 is 0 Å². The molecule has 1 atom stereocenters. The average molecular weight is 436 g/mol. The highest BCUT2D eigenvalue weighted by molar-refractivity contribution is 7.99. The average Bonchev–Trinajstić information content (AvgIpc) is 3.23. The summed E-state index contributed by atoms with van der Waals surface area (Å²) in [4.78, 5) is 15.0. The summed E-state index contributed by atoms with van der Waals surface area (Å²) in [6.45, 7) is 7.70. The first kappa shape index (κ1) is 21.6. The molecule has 0 radical (unpaired) electrons. The molecular weight excluding hydrogens is 406 g/mol. The second-order valence-electron chi connectivity index (χ2n) is 8.34. The molecule has 31 heavy (non-hydrogen) atoms. The van der Waals surface area contributed by atoms with E-state index in [9.17, 15) is 4.79 Å². The van der Waals surface area contributed by atoms with Crippen LogP contribution in [0, 0.1) is 12.8 Å². The van der Waals surface area contributed by atoms with E-state index >= 15 is 0 Å². The highest BCUT2D eigenvalue weighted by Gasteiger charge is 2.16. The Bertz CT molecular complexity index is 1000. The van der Waals surface area contributed by atoms with Gasteiger partial charge in [0, 0.05) is 24.5 Å². The lowest BCUT2D eigenvalue weighted by Gasteiger charge is -2.30. The van der Waals surface area contributed by atoms with Gasteiger partial charge in [-0.3, -0.25) is 14.3 Å². The van der Waals surface area contributed by atoms with Crippen molar-refractivity contribution in [2.45, 2.75) is 38.4 Å². The first-order valence-electron chi connectivity index (χ1n) is 10.8. The number of carbonyl (C=O) groups excluding carboxylic acids is 1. The Morgan fingerprint density at radius 2 is 1.94 bits per heavy atom. The Labute approximate surface area is 188 Å². The Kier molecular flexibility index (Phi) is 7.04. The van der Waals surface area contributed by atoms with Gasteiger partial charge in [-0.15, -0.1) is 10.2 Å². The van der Waals surface area contributed by atoms with Crippen LogP contribution in [0.1, 0.15) is 30.9 Å². The number of rotatable bonds is 7. The molecule has 1 aromatic heterocycles. The Morgan fingerprint density at radius 1 is 1.16 bits per heavy atom. The van der Waals surface area contributed by atoms with E-state index in [2.05, 4.69) is 46.4 Å². The Morgan fingerprint density at radius 3 is 2.68 bits per heavy atom. The van der Waals surface area contributed by atoms with Crippen LogP contribution in [0.25, 0.3) is 5.69 Å². The molecule has 3 aromatic rings. The van der Waals surface area contributed by atoms with Crippen LogP contribution in [0.3, 0.4) is 0 Å². The zero-order chi connectivity index (χ0) is 21.6. The second kappa shape index (κ2) is 10.1. The molecule has 1 saturated heterocycles. The topological polar surface area (TPSA) is 63.1 Å². The molecular formula is C24H29N5OS. The van der Waals surface area contributed by atoms with Gasteiger partial charge in [0.1, 0.15) is 6.33 Å². The van der Waals surface area contributed by atoms with E-state index in [0.29, 0.717) is 5.16 Å². The number of hydrogen-bond acceptors (Lipinski definition) is 5. The molecule has 0 spiro atoms. The molecule has 1 aliphatic rings. The minimum Gasteiger partial charge on any atom is -0.325 e. The van der Waals surface area contributed by atoms with Crippen molar-refractivity contribution in [2.75, 3.05) is 24.2 Å². The minimum atomic E-state index is -0.0546. The summed E-state index contributed by atoms with van der Waals surface area (Å²) in [7, 11) is 0. The fourth-order valence-corrected chi connectivity index (χ4v) is 4.64. The third-order valence-electron chi connectivity index (χ3n) is 5.55. The van der Waals surface area contributed by atoms with Gasteiger partial charge in [-0.25, -0.2) is 0 Å². The first-order valence-corrected chi connectivity index (χ1v) is 11.8. The van der Waals surface area contributed by atoms with Crippen LogP contribution >= 0.6 is 11.8 Å². The SMILES string of the molecule is Cc1ccc(-n2cnnc2SCC(=O)Nc2ccc(CN3CCCC(C)C3)cc2)cc1. The van der Waals surface area contributed by atoms with E-state index in [-0.39, 0.29) is 11.7 Å². The van der Waals surface area contributed by atoms with Crippen molar-refractivity contribution in [2.24, 2.45) is 5.92 Å². The molecule has 1 unspecified atom stereocenters. The zero-order valence-electron chi connectivity index (χ0n) is 18.1. The van der Waals surface area contributed by atoms with Crippen molar-refractivity contribution in [3.05, 3.63) is 66.0 Å². The maximum absolute atomic E-state index is 12.4. The number of likely N-dealkylation sites (tertiary alicyclic amines) is 1. The lowest BCUT2D eigenvalue weighted by molar-refractivity contribution is -0.113. The van der Waals surface area contributed by atoms with Gasteiger partial charge in [-0.2, -0.15) is 0 Å². The Hall–Kier alpha value is -2.64. The molecule has 1 N–H and O–H groups in total. The number of aromatic nitrogens is 3. The van der Waals surface area contributed by atoms with Gasteiger partial charge in [0.05, 0.1) is 5.75 Å². The summed E-state index contributed by atoms with van der Waals surface area (Å²) >= 11 is 1.38. The van der Waals surface area contributed by atoms with E-state index in [0.717, 1.165) is 23.8 Å². The number of anilines is 1. The minimum absolute atomic E-state index is 0.0546. The van der Waals surface area contributed by atoms with Crippen molar-refractivity contribution in [3.63, 3.8) is 0 Å². The van der Waals surface area contributed by atoms with E-state index in [1.54, 1.807) is 6.33 Å². The van der Waals surface area contributed by atoms with Gasteiger partial charge in [0.2, 0.25) is 5.91 Å². The van der Waals surface area contributed by atoms with Crippen LogP contribution in [0.2, 0.25) is 0 Å². The van der Waals surface area contributed by atoms with Gasteiger partial charge in [0.15, 0.2) is 5.16 Å². The van der Waals surface area contributed by atoms with Crippen molar-refractivity contribution >= 4 is 23.4 Å². The predicted molar refractivity (Wildman–Crippen MR) is 126 cm³/mol. The molecule has 0 saturated carbocycles. The number of benzene rings is 2. The van der Waals surface area contributed by atoms with Crippen LogP contribution in [-0.2, 0) is 11.3 Å². The van der Waals surface area contributed by atoms with E-state index in [1.165, 1.54) is 48.8 Å². The van der Waals surface area contributed by atoms with E-state index in [4.69, 9.17) is 0 Å². The standard InChI is InChI=1S/C24H29N5OS/c1-18-5-11-22(12-6-18)29-17-25-27-24(29)31-16-23(30)26-21-9-7-20(8-10-21)15-28-13-3-4-19(2)14-28/h5-12,17,19H,3-4,13-16H2,1-2H3,(H,26,30). The van der Waals surface area contributed by atoms with Crippen LogP contribution in [0.4, 0.5) is 5.69 Å². The molecule has 1 fully saturated rings. The maximum Gasteiger partial charge on any atom is 0.234 e. The number of aryl methyl sites for hydroxylation is 1. The van der Waals surface area contributed by atoms with Crippen molar-refractivity contribution in [1.82, 2.24) is 19.7 Å². The summed E-state index contributed by atoms with van der Waals surface area (Å²) in [6.07, 6.45) is 4.29. The largest absolute Gasteiger partial charge is 0.325 e. The van der Waals surface area contributed by atoms with Crippen molar-refractivity contribution in [3.8, 4) is 5.69 Å². The molecule has 2 heterocycles. The maximum atomic E-state index is 12.4. The molecule has 6 nitrogen and oxygen atoms in total. The summed E-state index contributed by atoms with van der Waals surface area (Å²) in [5.41, 5.74) is 4.29. The molecule has 1 aliphatic heterocycles. The van der Waals surface area contributed by atoms with Gasteiger partial charge >= 0.3 is 0 Å². The monoisotopic (exact) mass is 435 g/mol. The molecule has 1 amide bonds. The Balaban J connectivity index is 1.29. The third kappa shape index (κ3) is 5.95. The second-order valence-corrected chi connectivity index (χ2v) is 9.28. The number of hydrogen-bond donors (Lipinski definition) is 1. The van der Waals surface area contributed by atoms with Gasteiger partial charge in [0.25, 0.3) is 0 Å². The van der Waals surface area contributed by atoms with Crippen molar-refractivity contribution < 1.29 is 4.79 Å². The van der Waals surface area contributed by atoms with Gasteiger partial charge in [-0.05, 0) is 62.1 Å². The molecule has 0 aliphatic carbocycles. The number of carbonyl (C=O) groups is 1. The van der Waals surface area contributed by atoms with Gasteiger partial charge < -0.3 is 5.32 Å². The number of thioether (sulfide) groups is 1. The molecule has 2 aromatic carbocycles. The first-order chi connectivity index (χ1) is 15.1. The fourth-order valence-electron chi connectivity index (χ4n) is 3.91. The van der Waals surface area contributed by atoms with E-state index in [1.807, 2.05) is 41.0 Å². The van der Waals surface area contributed by atoms with Crippen LogP contribution in [-0.4, -0.2) is 44.4 Å². The van der Waals surface area contributed by atoms with Crippen LogP contribution < -0.4 is 5.32 Å². The number of nitrogens with zero attached hydrogens (tertiary/aromatic N) is 4. The quantitative estimate of drug-likeness (QED) is 0.552. The molecule has 4 rings (SSSR count). The normalized spacial score (nSPS) is 16.9. The highest BCUT2D eigenvalue weighted by atomic mass is 32.2. The lowest BCUT2D eigenvalue weighted by atomic mass is 10.00. The lowest BCUT2D eigenvalue weighted by Crippen LogP contribution is -2.33. The zero-order valence-corrected chi connectivity index (χ0v) is 18.9. The highest BCUT2D eigenvalue weighted by Crippen LogP contribution is 2.21. The summed E-state index contributed by atoms with van der Waals surface area (Å²) < 4.78 is 1.90. The predicted octanol–water partition coefficient (Wildman–Crippen LogP) is 4.54. The van der Waals surface area contributed by atoms with Crippen LogP contribution in [0.15, 0.2) is 60.0 Å². The smallest absolute Gasteiger partial charge is 0.234 e. The number of nitrogens with one attached hydrogen (secondary N) is 1. The van der Waals surface area contributed by atoms with Gasteiger partial charge in [-0.1, -0.05) is 48.5 Å². The molecule has 0 bridgehead atoms. The van der Waals surface area contributed by atoms with Crippen LogP contribution in [0.5, 0.6) is 0 Å². The third-order valence-corrected chi connectivity index (χ3v) is 6.49. The summed E-state index contributed by atoms with van der Waals surface area (Å²) in [5, 5.41) is 11.8. The summed E-state index contributed by atoms with van der Waals surface area (Å²) in [6, 6.07) is 16.3. The number of amides is 1. The molecule has 7 heteroatoms. The van der Waals surface area contributed by atoms with Crippen molar-refractivity contribution in [1.29, 1.82) is 0 Å². The summed E-state index contributed by atoms with van der Waals surface area (Å²) in [5.74, 6) is 1.00. The fraction of sp³-hybridized carbons (Fsp3) is 0.375.